The van der Waals surface area contributed by atoms with Crippen LogP contribution in [0.15, 0.2) is 54.6 Å². The molecule has 1 unspecified atom stereocenters. The average Bonchev–Trinajstić information content (AvgIpc) is 2.66. The number of benzene rings is 2. The van der Waals surface area contributed by atoms with Crippen LogP contribution in [0.3, 0.4) is 0 Å². The third-order valence-electron chi connectivity index (χ3n) is 3.95. The van der Waals surface area contributed by atoms with Gasteiger partial charge in [-0.05, 0) is 36.6 Å². The third-order valence-corrected chi connectivity index (χ3v) is 3.95. The smallest absolute Gasteiger partial charge is 0.245 e. The van der Waals surface area contributed by atoms with Crippen LogP contribution >= 0.6 is 0 Å². The predicted octanol–water partition coefficient (Wildman–Crippen LogP) is 1.36. The fraction of sp³-hybridized carbons (Fsp3) is 0.250. The molecule has 1 radical (unpaired) electrons. The van der Waals surface area contributed by atoms with Crippen molar-refractivity contribution < 1.29 is 19.4 Å². The van der Waals surface area contributed by atoms with E-state index in [4.69, 9.17) is 10.5 Å². The van der Waals surface area contributed by atoms with Gasteiger partial charge in [0, 0.05) is 0 Å². The van der Waals surface area contributed by atoms with E-state index >= 15 is 0 Å². The van der Waals surface area contributed by atoms with Gasteiger partial charge < -0.3 is 20.9 Å². The maximum absolute atomic E-state index is 11.9. The largest absolute Gasteiger partial charge is 0.489 e. The molecule has 0 saturated carbocycles. The number of primary amides is 1. The summed E-state index contributed by atoms with van der Waals surface area (Å²) in [7, 11) is 0. The second-order valence-corrected chi connectivity index (χ2v) is 6.17. The first kappa shape index (κ1) is 19.5. The molecule has 1 atom stereocenters. The van der Waals surface area contributed by atoms with E-state index in [1.165, 1.54) is 13.3 Å². The van der Waals surface area contributed by atoms with E-state index in [9.17, 15) is 14.7 Å². The average molecular weight is 355 g/mol. The fourth-order valence-electron chi connectivity index (χ4n) is 2.18. The summed E-state index contributed by atoms with van der Waals surface area (Å²) in [5, 5.41) is 11.6. The molecule has 137 valence electrons. The van der Waals surface area contributed by atoms with E-state index < -0.39 is 24.0 Å². The van der Waals surface area contributed by atoms with Crippen molar-refractivity contribution in [3.63, 3.8) is 0 Å². The summed E-state index contributed by atoms with van der Waals surface area (Å²) in [4.78, 5) is 23.2. The minimum Gasteiger partial charge on any atom is -0.489 e. The zero-order valence-electron chi connectivity index (χ0n) is 14.6. The van der Waals surface area contributed by atoms with Gasteiger partial charge in [0.1, 0.15) is 17.9 Å². The normalized spacial score (nSPS) is 12.8. The predicted molar refractivity (Wildman–Crippen MR) is 98.0 cm³/mol. The highest BCUT2D eigenvalue weighted by Gasteiger charge is 2.31. The molecule has 0 bridgehead atoms. The van der Waals surface area contributed by atoms with Crippen LogP contribution in [-0.4, -0.2) is 29.1 Å². The van der Waals surface area contributed by atoms with Gasteiger partial charge in [0.25, 0.3) is 0 Å². The van der Waals surface area contributed by atoms with Gasteiger partial charge in [-0.25, -0.2) is 0 Å². The molecular formula is C20H23N2O4. The number of carbonyl (C=O) groups is 2. The molecule has 0 heterocycles. The number of hydrogen-bond donors (Lipinski definition) is 3. The van der Waals surface area contributed by atoms with E-state index in [2.05, 4.69) is 5.32 Å². The molecule has 0 aliphatic heterocycles. The molecule has 6 heteroatoms. The quantitative estimate of drug-likeness (QED) is 0.632. The van der Waals surface area contributed by atoms with Crippen LogP contribution in [-0.2, 0) is 22.6 Å². The van der Waals surface area contributed by atoms with Gasteiger partial charge in [-0.3, -0.25) is 9.59 Å². The number of nitrogens with two attached hydrogens (primary N) is 1. The number of carbonyl (C=O) groups excluding carboxylic acids is 2. The highest BCUT2D eigenvalue weighted by atomic mass is 16.5. The Bertz CT molecular complexity index is 731. The molecule has 0 aliphatic carbocycles. The standard InChI is InChI=1S/C20H23N2O4/c1-20(14-23,19(21)25)22-18(24)12-9-15-7-10-17(11-8-15)26-13-16-5-3-2-4-6-16/h2-8,10-12,23H,9,13-14H2,1H3,(H2,21,25)(H,22,24). The number of hydrogen-bond acceptors (Lipinski definition) is 4. The second kappa shape index (κ2) is 9.01. The molecule has 2 amide bonds. The van der Waals surface area contributed by atoms with Crippen LogP contribution in [0.1, 0.15) is 18.1 Å². The molecule has 26 heavy (non-hydrogen) atoms. The molecule has 0 aliphatic rings. The van der Waals surface area contributed by atoms with Gasteiger partial charge in [0.05, 0.1) is 13.0 Å². The molecule has 0 aromatic heterocycles. The molecule has 2 aromatic carbocycles. The Kier molecular flexibility index (Phi) is 6.74. The van der Waals surface area contributed by atoms with Crippen LogP contribution in [0.4, 0.5) is 0 Å². The lowest BCUT2D eigenvalue weighted by Crippen LogP contribution is -2.58. The van der Waals surface area contributed by atoms with Gasteiger partial charge in [-0.2, -0.15) is 0 Å². The van der Waals surface area contributed by atoms with Crippen molar-refractivity contribution in [1.82, 2.24) is 5.32 Å². The van der Waals surface area contributed by atoms with Gasteiger partial charge in [0.2, 0.25) is 11.8 Å². The first-order chi connectivity index (χ1) is 12.4. The van der Waals surface area contributed by atoms with E-state index in [1.807, 2.05) is 54.6 Å². The van der Waals surface area contributed by atoms with Gasteiger partial charge in [0.15, 0.2) is 0 Å². The summed E-state index contributed by atoms with van der Waals surface area (Å²) < 4.78 is 5.71. The van der Waals surface area contributed by atoms with Crippen LogP contribution < -0.4 is 15.8 Å². The van der Waals surface area contributed by atoms with Crippen LogP contribution in [0.2, 0.25) is 0 Å². The van der Waals surface area contributed by atoms with Gasteiger partial charge >= 0.3 is 0 Å². The Morgan fingerprint density at radius 2 is 1.77 bits per heavy atom. The summed E-state index contributed by atoms with van der Waals surface area (Å²) in [6.07, 6.45) is 1.78. The number of aliphatic hydroxyl groups is 1. The van der Waals surface area contributed by atoms with Crippen molar-refractivity contribution in [3.05, 3.63) is 72.1 Å². The second-order valence-electron chi connectivity index (χ2n) is 6.17. The Hall–Kier alpha value is -2.86. The van der Waals surface area contributed by atoms with Crippen LogP contribution in [0.25, 0.3) is 0 Å². The highest BCUT2D eigenvalue weighted by Crippen LogP contribution is 2.15. The number of nitrogens with one attached hydrogen (secondary N) is 1. The Labute approximate surface area is 153 Å². The first-order valence-electron chi connectivity index (χ1n) is 8.25. The molecule has 4 N–H and O–H groups in total. The van der Waals surface area contributed by atoms with Crippen molar-refractivity contribution in [2.75, 3.05) is 6.61 Å². The Balaban J connectivity index is 1.81. The lowest BCUT2D eigenvalue weighted by Gasteiger charge is -2.24. The molecule has 0 saturated heterocycles. The van der Waals surface area contributed by atoms with Crippen LogP contribution in [0.5, 0.6) is 5.75 Å². The minimum absolute atomic E-state index is 0.380. The van der Waals surface area contributed by atoms with Crippen molar-refractivity contribution in [3.8, 4) is 5.75 Å². The van der Waals surface area contributed by atoms with Crippen molar-refractivity contribution in [1.29, 1.82) is 0 Å². The summed E-state index contributed by atoms with van der Waals surface area (Å²) >= 11 is 0. The minimum atomic E-state index is -1.47. The first-order valence-corrected chi connectivity index (χ1v) is 8.25. The molecule has 2 rings (SSSR count). The maximum Gasteiger partial charge on any atom is 0.245 e. The molecule has 0 fully saturated rings. The summed E-state index contributed by atoms with van der Waals surface area (Å²) in [5.41, 5.74) is 5.71. The number of ether oxygens (including phenoxy) is 1. The monoisotopic (exact) mass is 355 g/mol. The summed E-state index contributed by atoms with van der Waals surface area (Å²) in [5.74, 6) is -0.518. The molecule has 6 nitrogen and oxygen atoms in total. The lowest BCUT2D eigenvalue weighted by atomic mass is 10.0. The van der Waals surface area contributed by atoms with E-state index in [0.717, 1.165) is 16.9 Å². The number of amides is 2. The van der Waals surface area contributed by atoms with E-state index in [1.54, 1.807) is 0 Å². The summed E-state index contributed by atoms with van der Waals surface area (Å²) in [6, 6.07) is 17.3. The summed E-state index contributed by atoms with van der Waals surface area (Å²) in [6.45, 7) is 1.30. The topological polar surface area (TPSA) is 102 Å². The van der Waals surface area contributed by atoms with E-state index in [-0.39, 0.29) is 0 Å². The van der Waals surface area contributed by atoms with Gasteiger partial charge in [-0.1, -0.05) is 42.5 Å². The highest BCUT2D eigenvalue weighted by molar-refractivity contribution is 5.93. The van der Waals surface area contributed by atoms with Crippen molar-refractivity contribution in [2.45, 2.75) is 25.5 Å². The van der Waals surface area contributed by atoms with Gasteiger partial charge in [-0.15, -0.1) is 0 Å². The SMILES string of the molecule is CC(CO)(NC(=O)[CH]Cc1ccc(OCc2ccccc2)cc1)C(N)=O. The Morgan fingerprint density at radius 1 is 1.12 bits per heavy atom. The zero-order valence-corrected chi connectivity index (χ0v) is 14.6. The van der Waals surface area contributed by atoms with Crippen LogP contribution in [0, 0.1) is 6.42 Å². The lowest BCUT2D eigenvalue weighted by molar-refractivity contribution is -0.131. The molecule has 0 spiro atoms. The molecule has 2 aromatic rings. The third kappa shape index (κ3) is 5.60. The van der Waals surface area contributed by atoms with Crippen molar-refractivity contribution in [2.24, 2.45) is 5.73 Å². The number of rotatable bonds is 9. The van der Waals surface area contributed by atoms with E-state index in [0.29, 0.717) is 13.0 Å². The molecular weight excluding hydrogens is 332 g/mol. The fourth-order valence-corrected chi connectivity index (χ4v) is 2.18. The Morgan fingerprint density at radius 3 is 2.35 bits per heavy atom. The zero-order chi connectivity index (χ0) is 19.0. The maximum atomic E-state index is 11.9. The van der Waals surface area contributed by atoms with Crippen molar-refractivity contribution >= 4 is 11.8 Å². The number of aliphatic hydroxyl groups excluding tert-OH is 1.